The van der Waals surface area contributed by atoms with Crippen LogP contribution in [0.2, 0.25) is 10.0 Å². The quantitative estimate of drug-likeness (QED) is 0.589. The van der Waals surface area contributed by atoms with Crippen LogP contribution in [0.3, 0.4) is 0 Å². The van der Waals surface area contributed by atoms with Crippen LogP contribution < -0.4 is 11.3 Å². The van der Waals surface area contributed by atoms with E-state index in [-0.39, 0.29) is 0 Å². The first-order valence-corrected chi connectivity index (χ1v) is 4.96. The van der Waals surface area contributed by atoms with E-state index in [0.29, 0.717) is 15.9 Å². The average Bonchev–Trinajstić information content (AvgIpc) is 2.48. The zero-order valence-electron chi connectivity index (χ0n) is 6.34. The Labute approximate surface area is 88.6 Å². The Balaban J connectivity index is 2.77. The second-order valence-electron chi connectivity index (χ2n) is 2.44. The van der Waals surface area contributed by atoms with Crippen molar-refractivity contribution >= 4 is 50.6 Å². The fourth-order valence-electron chi connectivity index (χ4n) is 1.04. The maximum absolute atomic E-state index is 5.85. The van der Waals surface area contributed by atoms with E-state index >= 15 is 0 Å². The van der Waals surface area contributed by atoms with Crippen molar-refractivity contribution in [3.63, 3.8) is 0 Å². The fourth-order valence-corrected chi connectivity index (χ4v) is 2.19. The van der Waals surface area contributed by atoms with Crippen LogP contribution in [0, 0.1) is 0 Å². The number of nitrogens with one attached hydrogen (secondary N) is 1. The number of fused-ring (bicyclic) bond motifs is 1. The highest BCUT2D eigenvalue weighted by molar-refractivity contribution is 7.13. The summed E-state index contributed by atoms with van der Waals surface area (Å²) >= 11 is 13.0. The molecule has 0 aliphatic carbocycles. The number of hydrogen-bond acceptors (Lipinski definition) is 4. The van der Waals surface area contributed by atoms with Crippen LogP contribution in [0.1, 0.15) is 0 Å². The molecule has 2 aromatic rings. The minimum atomic E-state index is 0.505. The molecular formula is C7H5Cl2N3S. The molecule has 3 N–H and O–H groups in total. The summed E-state index contributed by atoms with van der Waals surface area (Å²) in [6.45, 7) is 0. The first-order valence-electron chi connectivity index (χ1n) is 3.43. The number of hydrogen-bond donors (Lipinski definition) is 2. The summed E-state index contributed by atoms with van der Waals surface area (Å²) in [5.74, 6) is 5.89. The third-order valence-electron chi connectivity index (χ3n) is 1.65. The molecule has 0 unspecified atom stereocenters. The number of nitrogen functional groups attached to an aromatic ring is 1. The van der Waals surface area contributed by atoms with E-state index in [0.717, 1.165) is 10.1 Å². The van der Waals surface area contributed by atoms with Crippen molar-refractivity contribution in [1.82, 2.24) is 4.37 Å². The van der Waals surface area contributed by atoms with Gasteiger partial charge in [-0.25, -0.2) is 5.84 Å². The van der Waals surface area contributed by atoms with Crippen LogP contribution in [0.15, 0.2) is 12.1 Å². The molecule has 13 heavy (non-hydrogen) atoms. The van der Waals surface area contributed by atoms with Crippen LogP contribution in [-0.4, -0.2) is 4.37 Å². The van der Waals surface area contributed by atoms with Gasteiger partial charge < -0.3 is 5.43 Å². The number of hydrazine groups is 1. The Hall–Kier alpha value is -0.550. The highest BCUT2D eigenvalue weighted by atomic mass is 35.5. The molecule has 0 amide bonds. The lowest BCUT2D eigenvalue weighted by molar-refractivity contribution is 1.32. The largest absolute Gasteiger partial charge is 0.307 e. The molecule has 0 fully saturated rings. The van der Waals surface area contributed by atoms with Gasteiger partial charge in [0.05, 0.1) is 14.7 Å². The summed E-state index contributed by atoms with van der Waals surface area (Å²) in [5.41, 5.74) is 2.49. The second kappa shape index (κ2) is 3.31. The molecule has 0 radical (unpaired) electrons. The number of anilines is 1. The van der Waals surface area contributed by atoms with Gasteiger partial charge in [0.15, 0.2) is 5.82 Å². The predicted octanol–water partition coefficient (Wildman–Crippen LogP) is 2.89. The topological polar surface area (TPSA) is 50.9 Å². The summed E-state index contributed by atoms with van der Waals surface area (Å²) in [6.07, 6.45) is 0. The third-order valence-corrected chi connectivity index (χ3v) is 3.18. The third kappa shape index (κ3) is 1.46. The van der Waals surface area contributed by atoms with E-state index in [9.17, 15) is 0 Å². The highest BCUT2D eigenvalue weighted by Crippen LogP contribution is 2.33. The van der Waals surface area contributed by atoms with Gasteiger partial charge in [-0.1, -0.05) is 23.2 Å². The molecule has 0 saturated carbocycles. The minimum Gasteiger partial charge on any atom is -0.307 e. The first-order chi connectivity index (χ1) is 6.22. The average molecular weight is 234 g/mol. The molecule has 2 rings (SSSR count). The molecule has 0 atom stereocenters. The fraction of sp³-hybridized carbons (Fsp3) is 0. The van der Waals surface area contributed by atoms with Crippen molar-refractivity contribution in [2.75, 3.05) is 5.43 Å². The molecule has 0 bridgehead atoms. The number of aromatic nitrogens is 1. The zero-order chi connectivity index (χ0) is 9.42. The number of nitrogens with zero attached hydrogens (tertiary/aromatic N) is 1. The maximum atomic E-state index is 5.85. The van der Waals surface area contributed by atoms with Crippen molar-refractivity contribution < 1.29 is 0 Å². The number of halogens is 2. The molecule has 6 heteroatoms. The second-order valence-corrected chi connectivity index (χ2v) is 4.06. The number of rotatable bonds is 1. The summed E-state index contributed by atoms with van der Waals surface area (Å²) in [6, 6.07) is 3.52. The predicted molar refractivity (Wildman–Crippen MR) is 57.5 cm³/mol. The van der Waals surface area contributed by atoms with Gasteiger partial charge in [0.1, 0.15) is 0 Å². The maximum Gasteiger partial charge on any atom is 0.161 e. The lowest BCUT2D eigenvalue weighted by Gasteiger charge is -1.97. The van der Waals surface area contributed by atoms with E-state index in [2.05, 4.69) is 9.80 Å². The summed E-state index contributed by atoms with van der Waals surface area (Å²) in [4.78, 5) is 0. The van der Waals surface area contributed by atoms with E-state index < -0.39 is 0 Å². The molecule has 3 nitrogen and oxygen atoms in total. The molecule has 68 valence electrons. The molecule has 1 aromatic carbocycles. The Bertz CT molecular complexity index is 454. The Morgan fingerprint density at radius 1 is 1.31 bits per heavy atom. The minimum absolute atomic E-state index is 0.505. The van der Waals surface area contributed by atoms with Gasteiger partial charge in [-0.05, 0) is 23.7 Å². The molecule has 0 aliphatic rings. The Kier molecular flexibility index (Phi) is 2.29. The van der Waals surface area contributed by atoms with Gasteiger partial charge in [0, 0.05) is 5.39 Å². The summed E-state index contributed by atoms with van der Waals surface area (Å²) < 4.78 is 5.04. The van der Waals surface area contributed by atoms with E-state index in [4.69, 9.17) is 29.0 Å². The van der Waals surface area contributed by atoms with Crippen LogP contribution in [0.4, 0.5) is 5.82 Å². The van der Waals surface area contributed by atoms with Crippen molar-refractivity contribution in [1.29, 1.82) is 0 Å². The molecule has 1 heterocycles. The van der Waals surface area contributed by atoms with Crippen LogP contribution >= 0.6 is 34.7 Å². The number of nitrogens with two attached hydrogens (primary N) is 1. The lowest BCUT2D eigenvalue weighted by atomic mass is 10.2. The van der Waals surface area contributed by atoms with Gasteiger partial charge in [0.2, 0.25) is 0 Å². The van der Waals surface area contributed by atoms with E-state index in [1.54, 1.807) is 12.1 Å². The van der Waals surface area contributed by atoms with E-state index in [1.165, 1.54) is 11.5 Å². The zero-order valence-corrected chi connectivity index (χ0v) is 8.67. The molecule has 0 aliphatic heterocycles. The SMILES string of the molecule is NNc1nsc2cc(Cl)c(Cl)cc12. The van der Waals surface area contributed by atoms with Crippen LogP contribution in [-0.2, 0) is 0 Å². The van der Waals surface area contributed by atoms with Gasteiger partial charge >= 0.3 is 0 Å². The molecule has 0 saturated heterocycles. The lowest BCUT2D eigenvalue weighted by Crippen LogP contribution is -2.06. The van der Waals surface area contributed by atoms with Crippen LogP contribution in [0.25, 0.3) is 10.1 Å². The van der Waals surface area contributed by atoms with Crippen molar-refractivity contribution in [3.8, 4) is 0 Å². The Morgan fingerprint density at radius 3 is 2.69 bits per heavy atom. The molecular weight excluding hydrogens is 229 g/mol. The van der Waals surface area contributed by atoms with Crippen LogP contribution in [0.5, 0.6) is 0 Å². The summed E-state index contributed by atoms with van der Waals surface area (Å²) in [5, 5.41) is 1.93. The van der Waals surface area contributed by atoms with Gasteiger partial charge in [-0.2, -0.15) is 4.37 Å². The standard InChI is InChI=1S/C7H5Cl2N3S/c8-4-1-3-6(2-5(4)9)13-12-7(3)11-10/h1-2H,10H2,(H,11,12). The monoisotopic (exact) mass is 233 g/mol. The number of benzene rings is 1. The molecule has 1 aromatic heterocycles. The van der Waals surface area contributed by atoms with Crippen molar-refractivity contribution in [3.05, 3.63) is 22.2 Å². The van der Waals surface area contributed by atoms with Gasteiger partial charge in [-0.3, -0.25) is 0 Å². The van der Waals surface area contributed by atoms with E-state index in [1.807, 2.05) is 0 Å². The first kappa shape index (κ1) is 9.02. The smallest absolute Gasteiger partial charge is 0.161 e. The normalized spacial score (nSPS) is 10.7. The van der Waals surface area contributed by atoms with Gasteiger partial charge in [-0.15, -0.1) is 0 Å². The van der Waals surface area contributed by atoms with Gasteiger partial charge in [0.25, 0.3) is 0 Å². The van der Waals surface area contributed by atoms with Crippen molar-refractivity contribution in [2.45, 2.75) is 0 Å². The molecule has 0 spiro atoms. The highest BCUT2D eigenvalue weighted by Gasteiger charge is 2.07. The summed E-state index contributed by atoms with van der Waals surface area (Å²) in [7, 11) is 0. The Morgan fingerprint density at radius 2 is 2.00 bits per heavy atom. The van der Waals surface area contributed by atoms with Crippen molar-refractivity contribution in [2.24, 2.45) is 5.84 Å².